The van der Waals surface area contributed by atoms with Crippen molar-refractivity contribution in [1.29, 1.82) is 0 Å². The number of para-hydroxylation sites is 3. The van der Waals surface area contributed by atoms with Crippen LogP contribution in [-0.2, 0) is 0 Å². The molecule has 10 aromatic carbocycles. The van der Waals surface area contributed by atoms with E-state index in [0.717, 1.165) is 66.9 Å². The topological polar surface area (TPSA) is 21.3 Å². The first-order valence-electron chi connectivity index (χ1n) is 21.5. The zero-order valence-electron chi connectivity index (χ0n) is 34.4. The van der Waals surface area contributed by atoms with Crippen molar-refractivity contribution < 1.29 is 4.42 Å². The molecular weight excluding hydrogens is 765 g/mol. The van der Waals surface area contributed by atoms with Crippen molar-refractivity contribution in [2.75, 3.05) is 4.90 Å². The van der Waals surface area contributed by atoms with Gasteiger partial charge in [-0.15, -0.1) is 0 Å². The highest BCUT2D eigenvalue weighted by atomic mass is 16.3. The van der Waals surface area contributed by atoms with Crippen LogP contribution in [0.1, 0.15) is 0 Å². The molecule has 63 heavy (non-hydrogen) atoms. The fraction of sp³-hybridized carbons (Fsp3) is 0. The second kappa shape index (κ2) is 15.3. The first-order valence-corrected chi connectivity index (χ1v) is 21.5. The highest BCUT2D eigenvalue weighted by Gasteiger charge is 2.17. The molecule has 0 aliphatic heterocycles. The standard InChI is InChI=1S/C60H40N2O/c1-2-13-41(14-3-1)42-27-29-43(30-28-42)46-16-11-18-51(40-46)61(49-35-37-50(38-36-49)62-56-23-7-4-19-53(56)54-20-5-8-24-57(54)62)48-33-31-44(32-34-48)45-15-10-17-47(39-45)52-22-12-26-59-60(52)55-21-6-9-25-58(55)63-59/h1-40H. The zero-order chi connectivity index (χ0) is 41.7. The Morgan fingerprint density at radius 1 is 0.302 bits per heavy atom. The number of hydrogen-bond acceptors (Lipinski definition) is 2. The molecule has 0 spiro atoms. The Kier molecular flexibility index (Phi) is 8.83. The average molecular weight is 805 g/mol. The summed E-state index contributed by atoms with van der Waals surface area (Å²) >= 11 is 0. The Morgan fingerprint density at radius 2 is 0.778 bits per heavy atom. The molecule has 0 amide bonds. The molecule has 3 heteroatoms. The number of furan rings is 1. The molecule has 12 rings (SSSR count). The lowest BCUT2D eigenvalue weighted by atomic mass is 9.96. The second-order valence-corrected chi connectivity index (χ2v) is 16.1. The van der Waals surface area contributed by atoms with E-state index in [-0.39, 0.29) is 0 Å². The van der Waals surface area contributed by atoms with Gasteiger partial charge >= 0.3 is 0 Å². The van der Waals surface area contributed by atoms with Crippen molar-refractivity contribution in [2.45, 2.75) is 0 Å². The van der Waals surface area contributed by atoms with Crippen LogP contribution in [0, 0.1) is 0 Å². The zero-order valence-corrected chi connectivity index (χ0v) is 34.4. The van der Waals surface area contributed by atoms with Gasteiger partial charge in [0.25, 0.3) is 0 Å². The molecule has 2 aromatic heterocycles. The van der Waals surface area contributed by atoms with Gasteiger partial charge in [-0.3, -0.25) is 0 Å². The Labute approximate surface area is 366 Å². The molecular formula is C60H40N2O. The van der Waals surface area contributed by atoms with Crippen LogP contribution in [0.3, 0.4) is 0 Å². The number of fused-ring (bicyclic) bond motifs is 6. The molecule has 0 N–H and O–H groups in total. The number of rotatable bonds is 8. The Bertz CT molecular complexity index is 3550. The number of benzene rings is 10. The molecule has 0 aliphatic rings. The molecule has 0 aliphatic carbocycles. The summed E-state index contributed by atoms with van der Waals surface area (Å²) in [4.78, 5) is 2.36. The fourth-order valence-electron chi connectivity index (χ4n) is 9.39. The van der Waals surface area contributed by atoms with E-state index in [0.29, 0.717) is 0 Å². The predicted octanol–water partition coefficient (Wildman–Crippen LogP) is 16.8. The fourth-order valence-corrected chi connectivity index (χ4v) is 9.39. The van der Waals surface area contributed by atoms with Crippen LogP contribution in [0.4, 0.5) is 17.1 Å². The molecule has 0 bridgehead atoms. The summed E-state index contributed by atoms with van der Waals surface area (Å²) in [6.07, 6.45) is 0. The van der Waals surface area contributed by atoms with Crippen LogP contribution in [0.25, 0.3) is 93.9 Å². The summed E-state index contributed by atoms with van der Waals surface area (Å²) in [6.45, 7) is 0. The van der Waals surface area contributed by atoms with Gasteiger partial charge in [0.1, 0.15) is 11.2 Å². The molecule has 0 saturated heterocycles. The van der Waals surface area contributed by atoms with E-state index >= 15 is 0 Å². The van der Waals surface area contributed by atoms with Crippen LogP contribution < -0.4 is 4.90 Å². The summed E-state index contributed by atoms with van der Waals surface area (Å²) in [7, 11) is 0. The molecule has 2 heterocycles. The van der Waals surface area contributed by atoms with Gasteiger partial charge < -0.3 is 13.9 Å². The van der Waals surface area contributed by atoms with Crippen molar-refractivity contribution in [3.8, 4) is 50.2 Å². The maximum atomic E-state index is 6.25. The van der Waals surface area contributed by atoms with E-state index in [2.05, 4.69) is 240 Å². The van der Waals surface area contributed by atoms with Crippen LogP contribution in [-0.4, -0.2) is 4.57 Å². The maximum absolute atomic E-state index is 6.25. The quantitative estimate of drug-likeness (QED) is 0.153. The number of hydrogen-bond donors (Lipinski definition) is 0. The maximum Gasteiger partial charge on any atom is 0.136 e. The van der Waals surface area contributed by atoms with E-state index in [1.807, 2.05) is 12.1 Å². The van der Waals surface area contributed by atoms with Gasteiger partial charge in [0.05, 0.1) is 11.0 Å². The lowest BCUT2D eigenvalue weighted by Gasteiger charge is -2.26. The van der Waals surface area contributed by atoms with E-state index in [4.69, 9.17) is 4.42 Å². The third-order valence-corrected chi connectivity index (χ3v) is 12.4. The van der Waals surface area contributed by atoms with Crippen molar-refractivity contribution in [3.63, 3.8) is 0 Å². The molecule has 12 aromatic rings. The summed E-state index contributed by atoms with van der Waals surface area (Å²) in [6, 6.07) is 87.1. The van der Waals surface area contributed by atoms with E-state index < -0.39 is 0 Å². The van der Waals surface area contributed by atoms with Crippen molar-refractivity contribution in [3.05, 3.63) is 243 Å². The summed E-state index contributed by atoms with van der Waals surface area (Å²) in [5.74, 6) is 0. The van der Waals surface area contributed by atoms with Gasteiger partial charge in [-0.05, 0) is 123 Å². The SMILES string of the molecule is c1ccc(-c2ccc(-c3cccc(N(c4ccc(-c5cccc(-c6cccc7oc8ccccc8c67)c5)cc4)c4ccc(-n5c6ccccc6c6ccccc65)cc4)c3)cc2)cc1. The average Bonchev–Trinajstić information content (AvgIpc) is 3.91. The van der Waals surface area contributed by atoms with Crippen LogP contribution >= 0.6 is 0 Å². The summed E-state index contributed by atoms with van der Waals surface area (Å²) in [5.41, 5.74) is 18.0. The normalized spacial score (nSPS) is 11.5. The molecule has 0 fully saturated rings. The minimum atomic E-state index is 0.903. The van der Waals surface area contributed by atoms with Gasteiger partial charge in [0.2, 0.25) is 0 Å². The van der Waals surface area contributed by atoms with Crippen LogP contribution in [0.5, 0.6) is 0 Å². The Hall–Kier alpha value is -8.40. The molecule has 0 unspecified atom stereocenters. The highest BCUT2D eigenvalue weighted by molar-refractivity contribution is 6.12. The minimum absolute atomic E-state index is 0.903. The summed E-state index contributed by atoms with van der Waals surface area (Å²) in [5, 5.41) is 4.79. The molecule has 296 valence electrons. The minimum Gasteiger partial charge on any atom is -0.456 e. The summed E-state index contributed by atoms with van der Waals surface area (Å²) < 4.78 is 8.62. The number of nitrogens with zero attached hydrogens (tertiary/aromatic N) is 2. The van der Waals surface area contributed by atoms with Crippen molar-refractivity contribution in [1.82, 2.24) is 4.57 Å². The molecule has 0 radical (unpaired) electrons. The molecule has 0 atom stereocenters. The Balaban J connectivity index is 0.935. The monoisotopic (exact) mass is 804 g/mol. The molecule has 3 nitrogen and oxygen atoms in total. The number of anilines is 3. The van der Waals surface area contributed by atoms with Gasteiger partial charge in [-0.2, -0.15) is 0 Å². The smallest absolute Gasteiger partial charge is 0.136 e. The van der Waals surface area contributed by atoms with Crippen molar-refractivity contribution >= 4 is 60.8 Å². The van der Waals surface area contributed by atoms with Crippen molar-refractivity contribution in [2.24, 2.45) is 0 Å². The van der Waals surface area contributed by atoms with Gasteiger partial charge in [0.15, 0.2) is 0 Å². The second-order valence-electron chi connectivity index (χ2n) is 16.1. The lowest BCUT2D eigenvalue weighted by molar-refractivity contribution is 0.669. The van der Waals surface area contributed by atoms with E-state index in [9.17, 15) is 0 Å². The van der Waals surface area contributed by atoms with Crippen LogP contribution in [0.15, 0.2) is 247 Å². The highest BCUT2D eigenvalue weighted by Crippen LogP contribution is 2.41. The largest absolute Gasteiger partial charge is 0.456 e. The third kappa shape index (κ3) is 6.46. The first kappa shape index (κ1) is 36.5. The third-order valence-electron chi connectivity index (χ3n) is 12.4. The van der Waals surface area contributed by atoms with E-state index in [1.54, 1.807) is 0 Å². The van der Waals surface area contributed by atoms with Gasteiger partial charge in [0, 0.05) is 44.3 Å². The Morgan fingerprint density at radius 3 is 1.48 bits per heavy atom. The number of aromatic nitrogens is 1. The van der Waals surface area contributed by atoms with Gasteiger partial charge in [-0.25, -0.2) is 0 Å². The lowest BCUT2D eigenvalue weighted by Crippen LogP contribution is -2.10. The van der Waals surface area contributed by atoms with Crippen LogP contribution in [0.2, 0.25) is 0 Å². The first-order chi connectivity index (χ1) is 31.2. The molecule has 0 saturated carbocycles. The van der Waals surface area contributed by atoms with Gasteiger partial charge in [-0.1, -0.05) is 164 Å². The van der Waals surface area contributed by atoms with E-state index in [1.165, 1.54) is 44.1 Å². The predicted molar refractivity (Wildman–Crippen MR) is 264 cm³/mol.